The van der Waals surface area contributed by atoms with Crippen LogP contribution in [-0.2, 0) is 0 Å². The number of hydrogen-bond acceptors (Lipinski definition) is 9. The molecule has 190 valence electrons. The minimum absolute atomic E-state index is 0.797. The average Bonchev–Trinajstić information content (AvgIpc) is 3.64. The second-order valence-corrected chi connectivity index (χ2v) is 15.8. The number of rotatable bonds is 8. The zero-order chi connectivity index (χ0) is 25.4. The largest absolute Gasteiger partial charge is 0.497 e. The van der Waals surface area contributed by atoms with Gasteiger partial charge in [-0.3, -0.25) is 0 Å². The fourth-order valence-electron chi connectivity index (χ4n) is 3.89. The van der Waals surface area contributed by atoms with E-state index in [2.05, 4.69) is 37.0 Å². The zero-order valence-corrected chi connectivity index (χ0v) is 25.5. The van der Waals surface area contributed by atoms with Gasteiger partial charge in [-0.25, -0.2) is 9.97 Å². The van der Waals surface area contributed by atoms with Crippen molar-refractivity contribution in [2.75, 3.05) is 18.6 Å². The Kier molecular flexibility index (Phi) is 8.02. The highest BCUT2D eigenvalue weighted by molar-refractivity contribution is 8.42. The molecular formula is C27H25N3OS6. The van der Waals surface area contributed by atoms with Gasteiger partial charge in [0.25, 0.3) is 0 Å². The molecule has 2 aromatic heterocycles. The van der Waals surface area contributed by atoms with Crippen LogP contribution in [0.3, 0.4) is 0 Å². The minimum Gasteiger partial charge on any atom is -0.497 e. The maximum Gasteiger partial charge on any atom is 0.157 e. The monoisotopic (exact) mass is 599 g/mol. The van der Waals surface area contributed by atoms with Crippen LogP contribution in [0.25, 0.3) is 33.5 Å². The Labute approximate surface area is 242 Å². The number of nitrogens with one attached hydrogen (secondary N) is 1. The van der Waals surface area contributed by atoms with Gasteiger partial charge < -0.3 is 9.72 Å². The summed E-state index contributed by atoms with van der Waals surface area (Å²) in [6, 6.07) is 14.5. The third kappa shape index (κ3) is 5.43. The van der Waals surface area contributed by atoms with Crippen molar-refractivity contribution in [3.8, 4) is 17.3 Å². The van der Waals surface area contributed by atoms with Crippen molar-refractivity contribution in [2.45, 2.75) is 36.5 Å². The van der Waals surface area contributed by atoms with Crippen LogP contribution in [-0.4, -0.2) is 33.6 Å². The molecule has 0 unspecified atom stereocenters. The lowest BCUT2D eigenvalue weighted by molar-refractivity contribution is 0.415. The van der Waals surface area contributed by atoms with E-state index in [0.717, 1.165) is 39.2 Å². The maximum atomic E-state index is 5.34. The first-order valence-electron chi connectivity index (χ1n) is 12.1. The number of fused-ring (bicyclic) bond motifs is 3. The van der Waals surface area contributed by atoms with Gasteiger partial charge in [0.15, 0.2) is 5.82 Å². The van der Waals surface area contributed by atoms with Crippen molar-refractivity contribution in [3.63, 3.8) is 0 Å². The smallest absolute Gasteiger partial charge is 0.157 e. The van der Waals surface area contributed by atoms with Crippen molar-refractivity contribution >= 4 is 92.5 Å². The van der Waals surface area contributed by atoms with E-state index in [1.54, 1.807) is 7.11 Å². The van der Waals surface area contributed by atoms with E-state index < -0.39 is 0 Å². The lowest BCUT2D eigenvalue weighted by Crippen LogP contribution is -1.88. The molecule has 0 bridgehead atoms. The number of methoxy groups -OCH3 is 1. The minimum atomic E-state index is 0.797. The molecule has 6 rings (SSSR count). The van der Waals surface area contributed by atoms with E-state index in [4.69, 9.17) is 14.7 Å². The van der Waals surface area contributed by atoms with Gasteiger partial charge in [0.1, 0.15) is 11.4 Å². The highest BCUT2D eigenvalue weighted by atomic mass is 32.3. The van der Waals surface area contributed by atoms with Crippen molar-refractivity contribution in [1.29, 1.82) is 0 Å². The predicted octanol–water partition coefficient (Wildman–Crippen LogP) is 10.0. The molecule has 4 nitrogen and oxygen atoms in total. The van der Waals surface area contributed by atoms with E-state index in [9.17, 15) is 0 Å². The molecule has 10 heteroatoms. The molecule has 0 fully saturated rings. The van der Waals surface area contributed by atoms with Crippen LogP contribution >= 0.6 is 70.6 Å². The Bertz CT molecular complexity index is 1490. The molecule has 0 atom stereocenters. The molecule has 0 saturated heterocycles. The Hall–Kier alpha value is -1.30. The molecule has 0 saturated carbocycles. The molecule has 37 heavy (non-hydrogen) atoms. The first-order chi connectivity index (χ1) is 18.1. The van der Waals surface area contributed by atoms with E-state index in [1.807, 2.05) is 94.8 Å². The Morgan fingerprint density at radius 2 is 1.49 bits per heavy atom. The zero-order valence-electron chi connectivity index (χ0n) is 20.6. The normalized spacial score (nSPS) is 15.4. The molecule has 1 N–H and O–H groups in total. The topological polar surface area (TPSA) is 50.8 Å². The van der Waals surface area contributed by atoms with Gasteiger partial charge in [-0.05, 0) is 60.7 Å². The molecule has 4 heterocycles. The van der Waals surface area contributed by atoms with E-state index in [1.165, 1.54) is 51.1 Å². The number of ether oxygens (including phenoxy) is 1. The van der Waals surface area contributed by atoms with Gasteiger partial charge in [0.2, 0.25) is 0 Å². The van der Waals surface area contributed by atoms with Gasteiger partial charge in [-0.2, -0.15) is 0 Å². The average molecular weight is 600 g/mol. The number of benzene rings is 2. The quantitative estimate of drug-likeness (QED) is 0.213. The van der Waals surface area contributed by atoms with Crippen LogP contribution in [0.5, 0.6) is 5.75 Å². The summed E-state index contributed by atoms with van der Waals surface area (Å²) in [6.07, 6.45) is 2.41. The van der Waals surface area contributed by atoms with Crippen LogP contribution in [0.2, 0.25) is 0 Å². The molecule has 2 aliphatic heterocycles. The maximum absolute atomic E-state index is 5.34. The van der Waals surface area contributed by atoms with Crippen molar-refractivity contribution in [2.24, 2.45) is 0 Å². The lowest BCUT2D eigenvalue weighted by Gasteiger charge is -2.03. The van der Waals surface area contributed by atoms with Crippen LogP contribution in [0, 0.1) is 0 Å². The molecule has 0 aliphatic carbocycles. The molecule has 4 aromatic rings. The summed E-state index contributed by atoms with van der Waals surface area (Å²) < 4.78 is 11.1. The number of hydrogen-bond donors (Lipinski definition) is 1. The van der Waals surface area contributed by atoms with Crippen molar-refractivity contribution < 1.29 is 4.74 Å². The fraction of sp³-hybridized carbons (Fsp3) is 0.259. The van der Waals surface area contributed by atoms with Gasteiger partial charge in [-0.15, -0.1) is 23.5 Å². The predicted molar refractivity (Wildman–Crippen MR) is 170 cm³/mol. The highest BCUT2D eigenvalue weighted by Gasteiger charge is 2.29. The number of H-pyrrole nitrogens is 1. The van der Waals surface area contributed by atoms with Crippen molar-refractivity contribution in [3.05, 3.63) is 59.4 Å². The Balaban J connectivity index is 1.24. The molecule has 2 aromatic carbocycles. The van der Waals surface area contributed by atoms with Gasteiger partial charge >= 0.3 is 0 Å². The molecule has 0 amide bonds. The number of aromatic nitrogens is 3. The summed E-state index contributed by atoms with van der Waals surface area (Å²) in [5.74, 6) is 4.00. The van der Waals surface area contributed by atoms with Gasteiger partial charge in [-0.1, -0.05) is 67.0 Å². The van der Waals surface area contributed by atoms with Crippen molar-refractivity contribution in [1.82, 2.24) is 15.0 Å². The molecule has 0 spiro atoms. The Morgan fingerprint density at radius 1 is 0.784 bits per heavy atom. The summed E-state index contributed by atoms with van der Waals surface area (Å²) >= 11 is 11.7. The standard InChI is InChI=1S/C27H25N3OS6/c1-4-10-32-24-25(33-11-5-2)37-27(36-24)26-34-21-13-19-20(14-22(21)35-26)30-23(29-19)18-8-6-15-12-16(31-3)7-9-17(15)28-18/h6-9,12-14H,4-5,10-11H2,1-3H3,(H,29,30). The van der Waals surface area contributed by atoms with Crippen LogP contribution < -0.4 is 4.74 Å². The number of thioether (sulfide) groups is 6. The summed E-state index contributed by atoms with van der Waals surface area (Å²) in [5.41, 5.74) is 3.80. The first kappa shape index (κ1) is 26.0. The SMILES string of the molecule is CCCSC1=C(SCCC)SC(=C2Sc3cc4nc(-c5ccc6cc(OC)ccc6n5)[nH]c4cc3S2)S1. The second kappa shape index (κ2) is 11.4. The van der Waals surface area contributed by atoms with Crippen LogP contribution in [0.1, 0.15) is 26.7 Å². The number of pyridine rings is 1. The molecule has 2 aliphatic rings. The van der Waals surface area contributed by atoms with Crippen LogP contribution in [0.15, 0.2) is 69.2 Å². The molecular weight excluding hydrogens is 575 g/mol. The number of nitrogens with zero attached hydrogens (tertiary/aromatic N) is 2. The Morgan fingerprint density at radius 3 is 2.19 bits per heavy atom. The highest BCUT2D eigenvalue weighted by Crippen LogP contribution is 2.64. The fourth-order valence-corrected chi connectivity index (χ4v) is 12.4. The third-order valence-electron chi connectivity index (χ3n) is 5.67. The third-order valence-corrected chi connectivity index (χ3v) is 14.7. The molecule has 0 radical (unpaired) electrons. The number of imidazole rings is 1. The summed E-state index contributed by atoms with van der Waals surface area (Å²) in [4.78, 5) is 15.8. The van der Waals surface area contributed by atoms with Gasteiger partial charge in [0, 0.05) is 15.2 Å². The lowest BCUT2D eigenvalue weighted by atomic mass is 10.2. The number of aromatic amines is 1. The summed E-state index contributed by atoms with van der Waals surface area (Å²) in [6.45, 7) is 4.51. The summed E-state index contributed by atoms with van der Waals surface area (Å²) in [5, 5.41) is 1.05. The van der Waals surface area contributed by atoms with E-state index in [-0.39, 0.29) is 0 Å². The van der Waals surface area contributed by atoms with E-state index >= 15 is 0 Å². The van der Waals surface area contributed by atoms with Gasteiger partial charge in [0.05, 0.1) is 40.6 Å². The van der Waals surface area contributed by atoms with Crippen LogP contribution in [0.4, 0.5) is 0 Å². The second-order valence-electron chi connectivity index (χ2n) is 8.41. The first-order valence-corrected chi connectivity index (χ1v) is 17.3. The van der Waals surface area contributed by atoms with E-state index in [0.29, 0.717) is 0 Å². The summed E-state index contributed by atoms with van der Waals surface area (Å²) in [7, 11) is 1.68.